The highest BCUT2D eigenvalue weighted by molar-refractivity contribution is 5.69. The average molecular weight is 216 g/mol. The Hall–Kier alpha value is -1.65. The Labute approximate surface area is 85.6 Å². The number of rotatable bonds is 3. The van der Waals surface area contributed by atoms with Crippen LogP contribution in [0.15, 0.2) is 18.2 Å². The second-order valence-electron chi connectivity index (χ2n) is 2.95. The van der Waals surface area contributed by atoms with Crippen LogP contribution in [0.5, 0.6) is 11.5 Å². The molecule has 0 unspecified atom stereocenters. The largest absolute Gasteiger partial charge is 0.435 e. The van der Waals surface area contributed by atoms with Crippen LogP contribution in [-0.4, -0.2) is 12.6 Å². The Morgan fingerprint density at radius 2 is 1.87 bits per heavy atom. The van der Waals surface area contributed by atoms with E-state index in [9.17, 15) is 13.6 Å². The Morgan fingerprint density at radius 1 is 1.27 bits per heavy atom. The highest BCUT2D eigenvalue weighted by Crippen LogP contribution is 2.23. The molecule has 0 N–H and O–H groups in total. The highest BCUT2D eigenvalue weighted by atomic mass is 19.3. The summed E-state index contributed by atoms with van der Waals surface area (Å²) in [5.74, 6) is -0.344. The molecule has 0 aliphatic rings. The van der Waals surface area contributed by atoms with Crippen molar-refractivity contribution in [2.75, 3.05) is 0 Å². The molecule has 1 aromatic carbocycles. The number of halogens is 2. The normalized spacial score (nSPS) is 10.2. The molecule has 0 fully saturated rings. The van der Waals surface area contributed by atoms with Crippen molar-refractivity contribution in [2.45, 2.75) is 20.5 Å². The van der Waals surface area contributed by atoms with Crippen molar-refractivity contribution in [1.29, 1.82) is 0 Å². The van der Waals surface area contributed by atoms with Crippen molar-refractivity contribution in [3.63, 3.8) is 0 Å². The predicted molar refractivity (Wildman–Crippen MR) is 49.1 cm³/mol. The van der Waals surface area contributed by atoms with Crippen molar-refractivity contribution < 1.29 is 23.0 Å². The van der Waals surface area contributed by atoms with Crippen LogP contribution in [0.1, 0.15) is 12.5 Å². The molecule has 0 aromatic heterocycles. The summed E-state index contributed by atoms with van der Waals surface area (Å²) in [4.78, 5) is 10.6. The van der Waals surface area contributed by atoms with Gasteiger partial charge in [0.1, 0.15) is 11.5 Å². The minimum absolute atomic E-state index is 0.0266. The van der Waals surface area contributed by atoms with Crippen molar-refractivity contribution in [2.24, 2.45) is 0 Å². The molecule has 0 amide bonds. The molecule has 3 nitrogen and oxygen atoms in total. The number of carbonyl (C=O) groups is 1. The van der Waals surface area contributed by atoms with E-state index in [1.807, 2.05) is 0 Å². The van der Waals surface area contributed by atoms with E-state index in [0.29, 0.717) is 5.56 Å². The lowest BCUT2D eigenvalue weighted by Gasteiger charge is -2.08. The molecule has 1 aromatic rings. The molecule has 5 heteroatoms. The van der Waals surface area contributed by atoms with Crippen LogP contribution in [0.2, 0.25) is 0 Å². The lowest BCUT2D eigenvalue weighted by atomic mass is 10.2. The summed E-state index contributed by atoms with van der Waals surface area (Å²) in [6, 6.07) is 4.22. The lowest BCUT2D eigenvalue weighted by molar-refractivity contribution is -0.131. The second-order valence-corrected chi connectivity index (χ2v) is 2.95. The van der Waals surface area contributed by atoms with E-state index >= 15 is 0 Å². The van der Waals surface area contributed by atoms with Gasteiger partial charge in [0.05, 0.1) is 0 Å². The smallest absolute Gasteiger partial charge is 0.387 e. The maximum atomic E-state index is 11.9. The Bertz CT molecular complexity index is 364. The van der Waals surface area contributed by atoms with E-state index in [1.54, 1.807) is 13.0 Å². The van der Waals surface area contributed by atoms with Gasteiger partial charge >= 0.3 is 12.6 Å². The maximum Gasteiger partial charge on any atom is 0.387 e. The van der Waals surface area contributed by atoms with Gasteiger partial charge in [0.15, 0.2) is 0 Å². The fourth-order valence-electron chi connectivity index (χ4n) is 1.11. The van der Waals surface area contributed by atoms with E-state index in [2.05, 4.69) is 4.74 Å². The summed E-state index contributed by atoms with van der Waals surface area (Å²) in [5, 5.41) is 0. The first-order valence-corrected chi connectivity index (χ1v) is 4.22. The number of benzene rings is 1. The van der Waals surface area contributed by atoms with E-state index in [4.69, 9.17) is 4.74 Å². The third kappa shape index (κ3) is 3.93. The van der Waals surface area contributed by atoms with Gasteiger partial charge in [-0.05, 0) is 24.6 Å². The zero-order valence-corrected chi connectivity index (χ0v) is 8.29. The Kier molecular flexibility index (Phi) is 3.60. The molecule has 0 bridgehead atoms. The van der Waals surface area contributed by atoms with Gasteiger partial charge in [0, 0.05) is 13.0 Å². The van der Waals surface area contributed by atoms with E-state index < -0.39 is 12.6 Å². The first-order chi connectivity index (χ1) is 6.97. The molecule has 1 rings (SSSR count). The van der Waals surface area contributed by atoms with Crippen LogP contribution < -0.4 is 9.47 Å². The van der Waals surface area contributed by atoms with Gasteiger partial charge in [-0.1, -0.05) is 0 Å². The number of alkyl halides is 2. The average Bonchev–Trinajstić information content (AvgIpc) is 1.98. The Morgan fingerprint density at radius 3 is 2.40 bits per heavy atom. The van der Waals surface area contributed by atoms with E-state index in [-0.39, 0.29) is 11.5 Å². The molecule has 0 aliphatic heterocycles. The molecule has 0 saturated heterocycles. The summed E-state index contributed by atoms with van der Waals surface area (Å²) in [5.41, 5.74) is 0.671. The molecular weight excluding hydrogens is 206 g/mol. The fourth-order valence-corrected chi connectivity index (χ4v) is 1.11. The monoisotopic (exact) mass is 216 g/mol. The summed E-state index contributed by atoms with van der Waals surface area (Å²) in [7, 11) is 0. The van der Waals surface area contributed by atoms with Crippen molar-refractivity contribution in [3.05, 3.63) is 23.8 Å². The number of hydrogen-bond acceptors (Lipinski definition) is 3. The zero-order valence-electron chi connectivity index (χ0n) is 8.29. The van der Waals surface area contributed by atoms with Gasteiger partial charge in [0.25, 0.3) is 0 Å². The van der Waals surface area contributed by atoms with Crippen LogP contribution in [0, 0.1) is 6.92 Å². The third-order valence-electron chi connectivity index (χ3n) is 1.51. The highest BCUT2D eigenvalue weighted by Gasteiger charge is 2.07. The predicted octanol–water partition coefficient (Wildman–Crippen LogP) is 2.52. The van der Waals surface area contributed by atoms with Crippen molar-refractivity contribution in [3.8, 4) is 11.5 Å². The third-order valence-corrected chi connectivity index (χ3v) is 1.51. The van der Waals surface area contributed by atoms with E-state index in [0.717, 1.165) is 0 Å². The number of hydrogen-bond donors (Lipinski definition) is 0. The molecule has 82 valence electrons. The van der Waals surface area contributed by atoms with Crippen molar-refractivity contribution >= 4 is 5.97 Å². The summed E-state index contributed by atoms with van der Waals surface area (Å²) in [6.45, 7) is 0.0263. The zero-order chi connectivity index (χ0) is 11.4. The Balaban J connectivity index is 2.89. The van der Waals surface area contributed by atoms with Gasteiger partial charge in [-0.2, -0.15) is 8.78 Å². The minimum atomic E-state index is -2.89. The molecular formula is C10H10F2O3. The maximum absolute atomic E-state index is 11.9. The van der Waals surface area contributed by atoms with Gasteiger partial charge in [-0.15, -0.1) is 0 Å². The minimum Gasteiger partial charge on any atom is -0.435 e. The molecule has 0 heterocycles. The first-order valence-electron chi connectivity index (χ1n) is 4.22. The lowest BCUT2D eigenvalue weighted by Crippen LogP contribution is -2.04. The number of esters is 1. The fraction of sp³-hybridized carbons (Fsp3) is 0.300. The molecule has 0 aliphatic carbocycles. The molecule has 15 heavy (non-hydrogen) atoms. The van der Waals surface area contributed by atoms with Gasteiger partial charge in [-0.25, -0.2) is 0 Å². The van der Waals surface area contributed by atoms with Crippen molar-refractivity contribution in [1.82, 2.24) is 0 Å². The molecule has 0 spiro atoms. The first kappa shape index (κ1) is 11.4. The van der Waals surface area contributed by atoms with Crippen LogP contribution in [0.3, 0.4) is 0 Å². The topological polar surface area (TPSA) is 35.5 Å². The second kappa shape index (κ2) is 4.72. The van der Waals surface area contributed by atoms with Gasteiger partial charge < -0.3 is 9.47 Å². The SMILES string of the molecule is CC(=O)Oc1cc(C)cc(OC(F)F)c1. The quantitative estimate of drug-likeness (QED) is 0.575. The van der Waals surface area contributed by atoms with Gasteiger partial charge in [-0.3, -0.25) is 4.79 Å². The van der Waals surface area contributed by atoms with Crippen LogP contribution in [-0.2, 0) is 4.79 Å². The van der Waals surface area contributed by atoms with Crippen LogP contribution in [0.4, 0.5) is 8.78 Å². The summed E-state index contributed by atoms with van der Waals surface area (Å²) >= 11 is 0. The molecule has 0 atom stereocenters. The number of aryl methyl sites for hydroxylation is 1. The van der Waals surface area contributed by atoms with Crippen LogP contribution in [0.25, 0.3) is 0 Å². The number of ether oxygens (including phenoxy) is 2. The molecule has 0 radical (unpaired) electrons. The van der Waals surface area contributed by atoms with Crippen LogP contribution >= 0.6 is 0 Å². The summed E-state index contributed by atoms with van der Waals surface area (Å²) < 4.78 is 32.8. The molecule has 0 saturated carbocycles. The van der Waals surface area contributed by atoms with E-state index in [1.165, 1.54) is 19.1 Å². The standard InChI is InChI=1S/C10H10F2O3/c1-6-3-8(14-7(2)13)5-9(4-6)15-10(11)12/h3-5,10H,1-2H3. The van der Waals surface area contributed by atoms with Gasteiger partial charge in [0.2, 0.25) is 0 Å². The summed E-state index contributed by atoms with van der Waals surface area (Å²) in [6.07, 6.45) is 0. The number of carbonyl (C=O) groups excluding carboxylic acids is 1.